The summed E-state index contributed by atoms with van der Waals surface area (Å²) in [6.45, 7) is 8.50. The van der Waals surface area contributed by atoms with E-state index < -0.39 is 0 Å². The summed E-state index contributed by atoms with van der Waals surface area (Å²) in [7, 11) is 2.01. The van der Waals surface area contributed by atoms with Gasteiger partial charge in [0.1, 0.15) is 5.82 Å². The topological polar surface area (TPSA) is 46.0 Å². The fraction of sp³-hybridized carbons (Fsp3) is 0.333. The summed E-state index contributed by atoms with van der Waals surface area (Å²) >= 11 is 0. The zero-order valence-electron chi connectivity index (χ0n) is 15.4. The van der Waals surface area contributed by atoms with E-state index in [4.69, 9.17) is 0 Å². The predicted octanol–water partition coefficient (Wildman–Crippen LogP) is 4.05. The summed E-state index contributed by atoms with van der Waals surface area (Å²) in [5.41, 5.74) is 3.25. The largest absolute Gasteiger partial charge is 0.343 e. The number of fused-ring (bicyclic) bond motifs is 1. The molecule has 26 heavy (non-hydrogen) atoms. The molecule has 1 aliphatic heterocycles. The van der Waals surface area contributed by atoms with Crippen LogP contribution in [0.15, 0.2) is 55.3 Å². The Kier molecular flexibility index (Phi) is 4.47. The van der Waals surface area contributed by atoms with Crippen molar-refractivity contribution in [3.63, 3.8) is 0 Å². The third-order valence-corrected chi connectivity index (χ3v) is 5.22. The molecule has 3 aromatic rings. The Hall–Kier alpha value is -2.66. The zero-order valence-corrected chi connectivity index (χ0v) is 15.4. The summed E-state index contributed by atoms with van der Waals surface area (Å²) in [5, 5.41) is 5.66. The molecule has 3 heterocycles. The van der Waals surface area contributed by atoms with E-state index in [0.29, 0.717) is 6.04 Å². The highest BCUT2D eigenvalue weighted by atomic mass is 15.2. The Morgan fingerprint density at radius 1 is 1.27 bits per heavy atom. The number of aromatic nitrogens is 3. The van der Waals surface area contributed by atoms with E-state index in [1.54, 1.807) is 0 Å². The summed E-state index contributed by atoms with van der Waals surface area (Å²) < 4.78 is 2.03. The molecule has 5 nitrogen and oxygen atoms in total. The van der Waals surface area contributed by atoms with Crippen molar-refractivity contribution in [2.75, 3.05) is 18.4 Å². The molecule has 1 aliphatic rings. The number of hydrogen-bond acceptors (Lipinski definition) is 4. The molecule has 2 aromatic heterocycles. The lowest BCUT2D eigenvalue weighted by Crippen LogP contribution is -2.30. The van der Waals surface area contributed by atoms with Gasteiger partial charge in [0.2, 0.25) is 0 Å². The van der Waals surface area contributed by atoms with Crippen molar-refractivity contribution in [1.29, 1.82) is 0 Å². The van der Waals surface area contributed by atoms with Gasteiger partial charge in [-0.15, -0.1) is 0 Å². The van der Waals surface area contributed by atoms with Crippen LogP contribution in [0.3, 0.4) is 0 Å². The third kappa shape index (κ3) is 3.35. The quantitative estimate of drug-likeness (QED) is 0.756. The molecule has 1 unspecified atom stereocenters. The van der Waals surface area contributed by atoms with Gasteiger partial charge in [-0.2, -0.15) is 0 Å². The van der Waals surface area contributed by atoms with Crippen LogP contribution >= 0.6 is 0 Å². The maximum atomic E-state index is 4.54. The van der Waals surface area contributed by atoms with Crippen molar-refractivity contribution in [3.8, 4) is 11.3 Å². The second-order valence-corrected chi connectivity index (χ2v) is 7.21. The van der Waals surface area contributed by atoms with Crippen LogP contribution in [0.4, 0.5) is 5.82 Å². The average molecular weight is 347 g/mol. The lowest BCUT2D eigenvalue weighted by molar-refractivity contribution is 0.292. The number of hydrogen-bond donors (Lipinski definition) is 1. The minimum absolute atomic E-state index is 0.638. The molecule has 0 saturated carbocycles. The van der Waals surface area contributed by atoms with Crippen LogP contribution in [-0.2, 0) is 7.05 Å². The summed E-state index contributed by atoms with van der Waals surface area (Å²) in [5.74, 6) is 0.844. The first-order chi connectivity index (χ1) is 12.6. The minimum Gasteiger partial charge on any atom is -0.343 e. The van der Waals surface area contributed by atoms with Gasteiger partial charge < -0.3 is 9.88 Å². The van der Waals surface area contributed by atoms with Crippen LogP contribution in [-0.4, -0.2) is 38.6 Å². The highest BCUT2D eigenvalue weighted by molar-refractivity contribution is 5.88. The molecule has 4 rings (SSSR count). The van der Waals surface area contributed by atoms with E-state index in [-0.39, 0.29) is 0 Å². The molecule has 1 fully saturated rings. The van der Waals surface area contributed by atoms with Gasteiger partial charge in [-0.3, -0.25) is 4.90 Å². The number of aryl methyl sites for hydroxylation is 1. The number of likely N-dealkylation sites (tertiary alicyclic amines) is 1. The molecule has 1 N–H and O–H groups in total. The zero-order chi connectivity index (χ0) is 18.1. The highest BCUT2D eigenvalue weighted by Crippen LogP contribution is 2.25. The Balaban J connectivity index is 1.54. The van der Waals surface area contributed by atoms with Gasteiger partial charge >= 0.3 is 0 Å². The second kappa shape index (κ2) is 6.92. The summed E-state index contributed by atoms with van der Waals surface area (Å²) in [6, 6.07) is 9.13. The normalized spacial score (nSPS) is 17.7. The Labute approximate surface area is 154 Å². The maximum absolute atomic E-state index is 4.54. The van der Waals surface area contributed by atoms with Crippen molar-refractivity contribution < 1.29 is 0 Å². The van der Waals surface area contributed by atoms with Crippen LogP contribution in [0.5, 0.6) is 0 Å². The number of anilines is 1. The molecule has 0 radical (unpaired) electrons. The smallest absolute Gasteiger partial charge is 0.130 e. The molecule has 1 atom stereocenters. The van der Waals surface area contributed by atoms with E-state index >= 15 is 0 Å². The molecular formula is C21H25N5. The van der Waals surface area contributed by atoms with Gasteiger partial charge in [-0.05, 0) is 43.8 Å². The van der Waals surface area contributed by atoms with E-state index in [2.05, 4.69) is 58.0 Å². The van der Waals surface area contributed by atoms with Crippen LogP contribution < -0.4 is 5.32 Å². The lowest BCUT2D eigenvalue weighted by Gasteiger charge is -2.22. The Morgan fingerprint density at radius 3 is 2.88 bits per heavy atom. The minimum atomic E-state index is 0.638. The van der Waals surface area contributed by atoms with Gasteiger partial charge in [0.15, 0.2) is 0 Å². The first-order valence-corrected chi connectivity index (χ1v) is 9.15. The van der Waals surface area contributed by atoms with E-state index in [0.717, 1.165) is 46.6 Å². The second-order valence-electron chi connectivity index (χ2n) is 7.21. The Bertz CT molecular complexity index is 942. The first-order valence-electron chi connectivity index (χ1n) is 9.15. The highest BCUT2D eigenvalue weighted by Gasteiger charge is 2.20. The van der Waals surface area contributed by atoms with Crippen molar-refractivity contribution in [3.05, 3.63) is 55.3 Å². The van der Waals surface area contributed by atoms with Gasteiger partial charge in [0.25, 0.3) is 0 Å². The number of rotatable bonds is 5. The fourth-order valence-corrected chi connectivity index (χ4v) is 3.70. The molecule has 0 bridgehead atoms. The summed E-state index contributed by atoms with van der Waals surface area (Å²) in [4.78, 5) is 11.2. The first kappa shape index (κ1) is 16.8. The van der Waals surface area contributed by atoms with Gasteiger partial charge in [0.05, 0.1) is 18.2 Å². The number of imidazole rings is 1. The van der Waals surface area contributed by atoms with E-state index in [1.807, 2.05) is 30.3 Å². The van der Waals surface area contributed by atoms with Crippen LogP contribution in [0.1, 0.15) is 19.8 Å². The molecule has 1 saturated heterocycles. The third-order valence-electron chi connectivity index (χ3n) is 5.22. The van der Waals surface area contributed by atoms with E-state index in [9.17, 15) is 0 Å². The summed E-state index contributed by atoms with van der Waals surface area (Å²) in [6.07, 6.45) is 8.18. The van der Waals surface area contributed by atoms with Crippen LogP contribution in [0.25, 0.3) is 22.0 Å². The molecule has 0 spiro atoms. The van der Waals surface area contributed by atoms with Crippen LogP contribution in [0.2, 0.25) is 0 Å². The van der Waals surface area contributed by atoms with Crippen molar-refractivity contribution >= 4 is 16.6 Å². The number of benzene rings is 1. The number of pyridine rings is 1. The molecule has 0 aliphatic carbocycles. The van der Waals surface area contributed by atoms with Crippen molar-refractivity contribution in [2.24, 2.45) is 7.05 Å². The van der Waals surface area contributed by atoms with Crippen molar-refractivity contribution in [2.45, 2.75) is 25.8 Å². The molecule has 0 amide bonds. The molecular weight excluding hydrogens is 322 g/mol. The maximum Gasteiger partial charge on any atom is 0.130 e. The van der Waals surface area contributed by atoms with Gasteiger partial charge in [0, 0.05) is 42.5 Å². The fourth-order valence-electron chi connectivity index (χ4n) is 3.70. The van der Waals surface area contributed by atoms with Gasteiger partial charge in [-0.1, -0.05) is 18.7 Å². The molecule has 134 valence electrons. The predicted molar refractivity (Wildman–Crippen MR) is 107 cm³/mol. The number of nitrogens with one attached hydrogen (secondary N) is 1. The monoisotopic (exact) mass is 347 g/mol. The molecule has 1 aromatic carbocycles. The number of nitrogens with zero attached hydrogens (tertiary/aromatic N) is 4. The molecule has 5 heteroatoms. The van der Waals surface area contributed by atoms with E-state index in [1.165, 1.54) is 12.8 Å². The van der Waals surface area contributed by atoms with Gasteiger partial charge in [-0.25, -0.2) is 9.97 Å². The SMILES string of the molecule is C=C(CN1CCCC1C)Nc1cc2cc(-c3cncn3C)ccc2cn1. The Morgan fingerprint density at radius 2 is 2.15 bits per heavy atom. The lowest BCUT2D eigenvalue weighted by atomic mass is 10.1. The van der Waals surface area contributed by atoms with Crippen LogP contribution in [0, 0.1) is 0 Å². The standard InChI is InChI=1S/C21H25N5/c1-15(13-26-8-4-5-16(26)2)24-21-10-19-9-17(6-7-18(19)11-23-21)20-12-22-14-25(20)3/h6-7,9-12,14,16H,1,4-5,8,13H2,2-3H3,(H,23,24). The average Bonchev–Trinajstić information content (AvgIpc) is 3.23. The van der Waals surface area contributed by atoms with Crippen molar-refractivity contribution in [1.82, 2.24) is 19.4 Å².